The molecule has 14 heteroatoms. The van der Waals surface area contributed by atoms with E-state index in [9.17, 15) is 45.6 Å². The predicted octanol–water partition coefficient (Wildman–Crippen LogP) is 14.4. The highest BCUT2D eigenvalue weighted by Crippen LogP contribution is 2.30. The van der Waals surface area contributed by atoms with Crippen molar-refractivity contribution >= 4 is 5.91 Å². The maximum Gasteiger partial charge on any atom is 0.220 e. The first-order valence-electron chi connectivity index (χ1n) is 35.8. The first kappa shape index (κ1) is 78.1. The summed E-state index contributed by atoms with van der Waals surface area (Å²) in [6, 6.07) is -0.821. The zero-order valence-electron chi connectivity index (χ0n) is 53.7. The van der Waals surface area contributed by atoms with Crippen LogP contribution in [0.4, 0.5) is 0 Å². The summed E-state index contributed by atoms with van der Waals surface area (Å²) in [5.41, 5.74) is 0. The Morgan fingerprint density at radius 1 is 0.386 bits per heavy atom. The second kappa shape index (κ2) is 55.1. The Kier molecular flexibility index (Phi) is 51.8. The predicted molar refractivity (Wildman–Crippen MR) is 337 cm³/mol. The van der Waals surface area contributed by atoms with Crippen molar-refractivity contribution in [3.63, 3.8) is 0 Å². The lowest BCUT2D eigenvalue weighted by molar-refractivity contribution is -0.359. The van der Waals surface area contributed by atoms with Crippen molar-refractivity contribution in [3.05, 3.63) is 0 Å². The van der Waals surface area contributed by atoms with Gasteiger partial charge < -0.3 is 65.1 Å². The molecule has 0 radical (unpaired) electrons. The van der Waals surface area contributed by atoms with Gasteiger partial charge in [0.2, 0.25) is 5.91 Å². The lowest BCUT2D eigenvalue weighted by Crippen LogP contribution is -2.65. The van der Waals surface area contributed by atoms with Crippen LogP contribution in [0.25, 0.3) is 0 Å². The molecule has 0 aromatic rings. The summed E-state index contributed by atoms with van der Waals surface area (Å²) >= 11 is 0. The number of nitrogens with one attached hydrogen (secondary N) is 1. The minimum atomic E-state index is -1.78. The van der Waals surface area contributed by atoms with Crippen LogP contribution in [0.2, 0.25) is 0 Å². The number of amides is 1. The molecule has 14 nitrogen and oxygen atoms in total. The zero-order valence-corrected chi connectivity index (χ0v) is 53.7. The monoisotopic (exact) mass is 1190 g/mol. The Balaban J connectivity index is 1.45. The number of aliphatic hydroxyl groups is 8. The third kappa shape index (κ3) is 39.6. The van der Waals surface area contributed by atoms with Gasteiger partial charge in [0.25, 0.3) is 0 Å². The number of carbonyl (C=O) groups excluding carboxylic acids is 1. The normalized spacial score (nSPS) is 23.7. The zero-order chi connectivity index (χ0) is 60.2. The Labute approximate surface area is 508 Å². The van der Waals surface area contributed by atoms with E-state index < -0.39 is 86.8 Å². The smallest absolute Gasteiger partial charge is 0.220 e. The van der Waals surface area contributed by atoms with Gasteiger partial charge in [-0.3, -0.25) is 4.79 Å². The van der Waals surface area contributed by atoms with Gasteiger partial charge in [-0.2, -0.15) is 0 Å². The fourth-order valence-electron chi connectivity index (χ4n) is 12.4. The van der Waals surface area contributed by atoms with Crippen molar-refractivity contribution in [2.75, 3.05) is 19.8 Å². The molecule has 2 fully saturated rings. The van der Waals surface area contributed by atoms with Crippen LogP contribution in [0, 0.1) is 0 Å². The maximum absolute atomic E-state index is 13.2. The molecule has 0 spiro atoms. The molecule has 2 rings (SSSR count). The summed E-state index contributed by atoms with van der Waals surface area (Å²) in [6.45, 7) is 2.86. The van der Waals surface area contributed by atoms with Gasteiger partial charge in [0.1, 0.15) is 48.8 Å². The van der Waals surface area contributed by atoms with Crippen LogP contribution in [0.1, 0.15) is 341 Å². The third-order valence-electron chi connectivity index (χ3n) is 18.1. The molecule has 9 N–H and O–H groups in total. The molecule has 12 unspecified atom stereocenters. The topological polar surface area (TPSA) is 228 Å². The summed E-state index contributed by atoms with van der Waals surface area (Å²) in [6.07, 6.45) is 49.3. The van der Waals surface area contributed by atoms with Crippen molar-refractivity contribution < 1.29 is 64.6 Å². The van der Waals surface area contributed by atoms with Crippen LogP contribution in [0.15, 0.2) is 0 Å². The van der Waals surface area contributed by atoms with Crippen LogP contribution in [0.3, 0.4) is 0 Å². The highest BCUT2D eigenvalue weighted by atomic mass is 16.7. The highest BCUT2D eigenvalue weighted by Gasteiger charge is 2.51. The number of carbonyl (C=O) groups is 1. The highest BCUT2D eigenvalue weighted by molar-refractivity contribution is 5.76. The summed E-state index contributed by atoms with van der Waals surface area (Å²) in [5, 5.41) is 87.0. The minimum Gasteiger partial charge on any atom is -0.394 e. The minimum absolute atomic E-state index is 0.202. The first-order chi connectivity index (χ1) is 40.6. The van der Waals surface area contributed by atoms with E-state index >= 15 is 0 Å². The van der Waals surface area contributed by atoms with Gasteiger partial charge in [0.05, 0.1) is 32.0 Å². The standard InChI is InChI=1S/C69H135NO13/c1-3-5-7-9-11-13-14-15-16-17-18-19-20-21-22-23-24-25-26-27-28-29-30-31-32-33-34-35-36-37-38-39-40-41-42-43-44-45-47-49-51-53-61(74)70-57(58(73)52-50-48-46-12-10-8-6-4-2)56-80-68-66(79)64(77)67(60(55-72)82-68)83-69-65(78)63(76)62(75)59(54-71)81-69/h57-60,62-69,71-73,75-79H,3-56H2,1-2H3,(H,70,74). The molecule has 0 saturated carbocycles. The van der Waals surface area contributed by atoms with Crippen LogP contribution < -0.4 is 5.32 Å². The fraction of sp³-hybridized carbons (Fsp3) is 0.986. The average molecular weight is 1190 g/mol. The molecule has 2 aliphatic heterocycles. The lowest BCUT2D eigenvalue weighted by atomic mass is 9.97. The van der Waals surface area contributed by atoms with E-state index in [1.807, 2.05) is 0 Å². The van der Waals surface area contributed by atoms with Gasteiger partial charge >= 0.3 is 0 Å². The molecule has 2 heterocycles. The Morgan fingerprint density at radius 2 is 0.687 bits per heavy atom. The molecule has 0 aromatic carbocycles. The van der Waals surface area contributed by atoms with E-state index in [-0.39, 0.29) is 12.5 Å². The number of ether oxygens (including phenoxy) is 4. The van der Waals surface area contributed by atoms with Crippen LogP contribution in [-0.2, 0) is 23.7 Å². The number of hydrogen-bond acceptors (Lipinski definition) is 13. The maximum atomic E-state index is 13.2. The van der Waals surface area contributed by atoms with Gasteiger partial charge in [-0.25, -0.2) is 0 Å². The summed E-state index contributed by atoms with van der Waals surface area (Å²) in [5.74, 6) is -0.202. The van der Waals surface area contributed by atoms with Crippen molar-refractivity contribution in [2.24, 2.45) is 0 Å². The van der Waals surface area contributed by atoms with E-state index in [0.29, 0.717) is 12.8 Å². The largest absolute Gasteiger partial charge is 0.394 e. The van der Waals surface area contributed by atoms with Gasteiger partial charge in [-0.1, -0.05) is 322 Å². The van der Waals surface area contributed by atoms with Gasteiger partial charge in [0.15, 0.2) is 12.6 Å². The molecule has 494 valence electrons. The molecule has 12 atom stereocenters. The molecular weight excluding hydrogens is 1050 g/mol. The molecule has 0 aliphatic carbocycles. The van der Waals surface area contributed by atoms with E-state index in [4.69, 9.17) is 18.9 Å². The number of rotatable bonds is 60. The molecule has 2 saturated heterocycles. The molecule has 83 heavy (non-hydrogen) atoms. The van der Waals surface area contributed by atoms with Crippen LogP contribution in [-0.4, -0.2) is 140 Å². The Hall–Kier alpha value is -1.01. The lowest BCUT2D eigenvalue weighted by Gasteiger charge is -2.46. The van der Waals surface area contributed by atoms with E-state index in [1.54, 1.807) is 0 Å². The van der Waals surface area contributed by atoms with Gasteiger partial charge in [-0.05, 0) is 12.8 Å². The van der Waals surface area contributed by atoms with Crippen molar-refractivity contribution in [1.29, 1.82) is 0 Å². The second-order valence-corrected chi connectivity index (χ2v) is 25.7. The summed E-state index contributed by atoms with van der Waals surface area (Å²) < 4.78 is 22.8. The van der Waals surface area contributed by atoms with Crippen LogP contribution >= 0.6 is 0 Å². The van der Waals surface area contributed by atoms with Gasteiger partial charge in [-0.15, -0.1) is 0 Å². The second-order valence-electron chi connectivity index (χ2n) is 25.7. The third-order valence-corrected chi connectivity index (χ3v) is 18.1. The number of hydrogen-bond donors (Lipinski definition) is 9. The summed E-state index contributed by atoms with van der Waals surface area (Å²) in [7, 11) is 0. The van der Waals surface area contributed by atoms with Crippen molar-refractivity contribution in [1.82, 2.24) is 5.32 Å². The molecule has 0 bridgehead atoms. The molecule has 1 amide bonds. The molecule has 0 aromatic heterocycles. The molecule has 2 aliphatic rings. The molecular formula is C69H135NO13. The SMILES string of the molecule is CCCCCCCCCCCCCCCCCCCCCCCCCCCCCCCCCCCCCCCCCCCC(=O)NC(COC1OC(CO)C(OC2OC(CO)C(O)C(O)C2O)C(O)C1O)C(O)CCCCCCCCCC. The van der Waals surface area contributed by atoms with Gasteiger partial charge in [0, 0.05) is 6.42 Å². The summed E-state index contributed by atoms with van der Waals surface area (Å²) in [4.78, 5) is 13.2. The van der Waals surface area contributed by atoms with Crippen molar-refractivity contribution in [3.8, 4) is 0 Å². The Morgan fingerprint density at radius 3 is 1.02 bits per heavy atom. The number of unbranched alkanes of at least 4 members (excludes halogenated alkanes) is 47. The first-order valence-corrected chi connectivity index (χ1v) is 35.8. The van der Waals surface area contributed by atoms with Crippen molar-refractivity contribution in [2.45, 2.75) is 415 Å². The Bertz CT molecular complexity index is 1400. The quantitative estimate of drug-likeness (QED) is 0.0259. The number of aliphatic hydroxyl groups excluding tert-OH is 8. The van der Waals surface area contributed by atoms with E-state index in [1.165, 1.54) is 263 Å². The average Bonchev–Trinajstić information content (AvgIpc) is 3.45. The fourth-order valence-corrected chi connectivity index (χ4v) is 12.4. The van der Waals surface area contributed by atoms with Crippen LogP contribution in [0.5, 0.6) is 0 Å². The van der Waals surface area contributed by atoms with E-state index in [2.05, 4.69) is 19.2 Å². The van der Waals surface area contributed by atoms with E-state index in [0.717, 1.165) is 51.4 Å².